The van der Waals surface area contributed by atoms with Gasteiger partial charge in [0.1, 0.15) is 5.82 Å². The van der Waals surface area contributed by atoms with Crippen LogP contribution < -0.4 is 10.6 Å². The Morgan fingerprint density at radius 2 is 2.15 bits per heavy atom. The van der Waals surface area contributed by atoms with E-state index >= 15 is 0 Å². The number of benzene rings is 1. The molecule has 0 saturated carbocycles. The van der Waals surface area contributed by atoms with Gasteiger partial charge in [-0.1, -0.05) is 25.5 Å². The van der Waals surface area contributed by atoms with E-state index in [1.807, 2.05) is 0 Å². The van der Waals surface area contributed by atoms with Crippen molar-refractivity contribution < 1.29 is 9.18 Å². The van der Waals surface area contributed by atoms with Crippen LogP contribution in [0.25, 0.3) is 0 Å². The molecule has 20 heavy (non-hydrogen) atoms. The lowest BCUT2D eigenvalue weighted by Crippen LogP contribution is -2.43. The van der Waals surface area contributed by atoms with Gasteiger partial charge in [0.2, 0.25) is 5.91 Å². The Labute approximate surface area is 120 Å². The molecule has 2 N–H and O–H groups in total. The van der Waals surface area contributed by atoms with Crippen molar-refractivity contribution in [2.75, 3.05) is 19.6 Å². The SMILES string of the molecule is CCCC1(C(=O)NCCc2ccc(F)cc2)CCNC1. The summed E-state index contributed by atoms with van der Waals surface area (Å²) < 4.78 is 12.8. The summed E-state index contributed by atoms with van der Waals surface area (Å²) in [6.07, 6.45) is 3.61. The smallest absolute Gasteiger partial charge is 0.227 e. The summed E-state index contributed by atoms with van der Waals surface area (Å²) in [7, 11) is 0. The van der Waals surface area contributed by atoms with Gasteiger partial charge in [-0.15, -0.1) is 0 Å². The van der Waals surface area contributed by atoms with Gasteiger partial charge in [0.15, 0.2) is 0 Å². The predicted molar refractivity (Wildman–Crippen MR) is 77.9 cm³/mol. The first-order valence-electron chi connectivity index (χ1n) is 7.40. The quantitative estimate of drug-likeness (QED) is 0.838. The molecule has 1 aromatic rings. The van der Waals surface area contributed by atoms with E-state index in [2.05, 4.69) is 17.6 Å². The van der Waals surface area contributed by atoms with E-state index in [0.717, 1.165) is 44.3 Å². The third-order valence-electron chi connectivity index (χ3n) is 4.07. The van der Waals surface area contributed by atoms with Gasteiger partial charge < -0.3 is 10.6 Å². The van der Waals surface area contributed by atoms with Gasteiger partial charge in [-0.3, -0.25) is 4.79 Å². The number of hydrogen-bond acceptors (Lipinski definition) is 2. The molecular formula is C16H23FN2O. The monoisotopic (exact) mass is 278 g/mol. The van der Waals surface area contributed by atoms with E-state index in [9.17, 15) is 9.18 Å². The highest BCUT2D eigenvalue weighted by molar-refractivity contribution is 5.83. The molecule has 2 rings (SSSR count). The van der Waals surface area contributed by atoms with E-state index in [4.69, 9.17) is 0 Å². The number of carbonyl (C=O) groups is 1. The summed E-state index contributed by atoms with van der Waals surface area (Å²) in [6.45, 7) is 4.43. The minimum Gasteiger partial charge on any atom is -0.355 e. The number of carbonyl (C=O) groups excluding carboxylic acids is 1. The maximum atomic E-state index is 12.8. The van der Waals surface area contributed by atoms with Crippen LogP contribution in [0, 0.1) is 11.2 Å². The average molecular weight is 278 g/mol. The minimum atomic E-state index is -0.225. The molecule has 0 spiro atoms. The second-order valence-corrected chi connectivity index (χ2v) is 5.59. The number of halogens is 1. The molecule has 0 radical (unpaired) electrons. The molecule has 0 bridgehead atoms. The van der Waals surface area contributed by atoms with Gasteiger partial charge >= 0.3 is 0 Å². The zero-order valence-electron chi connectivity index (χ0n) is 12.0. The lowest BCUT2D eigenvalue weighted by Gasteiger charge is -2.26. The molecule has 4 heteroatoms. The standard InChI is InChI=1S/C16H23FN2O/c1-2-8-16(9-11-18-12-16)15(20)19-10-7-13-3-5-14(17)6-4-13/h3-6,18H,2,7-12H2,1H3,(H,19,20). The van der Waals surface area contributed by atoms with Gasteiger partial charge in [0, 0.05) is 13.1 Å². The fraction of sp³-hybridized carbons (Fsp3) is 0.562. The van der Waals surface area contributed by atoms with Crippen LogP contribution in [0.4, 0.5) is 4.39 Å². The van der Waals surface area contributed by atoms with Gasteiger partial charge in [0.05, 0.1) is 5.41 Å². The Bertz CT molecular complexity index is 438. The molecular weight excluding hydrogens is 255 g/mol. The van der Waals surface area contributed by atoms with Crippen molar-refractivity contribution in [3.05, 3.63) is 35.6 Å². The topological polar surface area (TPSA) is 41.1 Å². The van der Waals surface area contributed by atoms with Crippen LogP contribution in [0.5, 0.6) is 0 Å². The fourth-order valence-corrected chi connectivity index (χ4v) is 2.90. The number of hydrogen-bond donors (Lipinski definition) is 2. The van der Waals surface area contributed by atoms with Crippen LogP contribution in [-0.2, 0) is 11.2 Å². The number of rotatable bonds is 6. The van der Waals surface area contributed by atoms with E-state index in [1.165, 1.54) is 12.1 Å². The van der Waals surface area contributed by atoms with Crippen molar-refractivity contribution >= 4 is 5.91 Å². The summed E-state index contributed by atoms with van der Waals surface area (Å²) in [6, 6.07) is 6.44. The van der Waals surface area contributed by atoms with Crippen LogP contribution in [-0.4, -0.2) is 25.5 Å². The molecule has 1 atom stereocenters. The highest BCUT2D eigenvalue weighted by atomic mass is 19.1. The summed E-state index contributed by atoms with van der Waals surface area (Å²) in [4.78, 5) is 12.4. The highest BCUT2D eigenvalue weighted by Crippen LogP contribution is 2.31. The number of amides is 1. The molecule has 1 saturated heterocycles. The Morgan fingerprint density at radius 3 is 2.75 bits per heavy atom. The van der Waals surface area contributed by atoms with Crippen LogP contribution in [0.3, 0.4) is 0 Å². The highest BCUT2D eigenvalue weighted by Gasteiger charge is 2.39. The largest absolute Gasteiger partial charge is 0.355 e. The van der Waals surface area contributed by atoms with Crippen LogP contribution in [0.2, 0.25) is 0 Å². The summed E-state index contributed by atoms with van der Waals surface area (Å²) in [5, 5.41) is 6.33. The second-order valence-electron chi connectivity index (χ2n) is 5.59. The van der Waals surface area contributed by atoms with Crippen molar-refractivity contribution in [3.8, 4) is 0 Å². The van der Waals surface area contributed by atoms with Crippen LogP contribution in [0.1, 0.15) is 31.7 Å². The predicted octanol–water partition coefficient (Wildman–Crippen LogP) is 2.26. The summed E-state index contributed by atoms with van der Waals surface area (Å²) in [5.41, 5.74) is 0.818. The van der Waals surface area contributed by atoms with Crippen molar-refractivity contribution in [3.63, 3.8) is 0 Å². The number of nitrogens with one attached hydrogen (secondary N) is 2. The normalized spacial score (nSPS) is 21.9. The van der Waals surface area contributed by atoms with E-state index in [-0.39, 0.29) is 17.1 Å². The van der Waals surface area contributed by atoms with Crippen molar-refractivity contribution in [1.29, 1.82) is 0 Å². The third kappa shape index (κ3) is 3.57. The third-order valence-corrected chi connectivity index (χ3v) is 4.07. The molecule has 1 fully saturated rings. The van der Waals surface area contributed by atoms with Gasteiger partial charge in [-0.05, 0) is 43.5 Å². The zero-order valence-corrected chi connectivity index (χ0v) is 12.0. The van der Waals surface area contributed by atoms with Crippen LogP contribution >= 0.6 is 0 Å². The Hall–Kier alpha value is -1.42. The second kappa shape index (κ2) is 6.84. The first kappa shape index (κ1) is 15.0. The van der Waals surface area contributed by atoms with E-state index < -0.39 is 0 Å². The van der Waals surface area contributed by atoms with Gasteiger partial charge in [0.25, 0.3) is 0 Å². The minimum absolute atomic E-state index is 0.159. The maximum Gasteiger partial charge on any atom is 0.227 e. The Balaban J connectivity index is 1.83. The first-order valence-corrected chi connectivity index (χ1v) is 7.40. The average Bonchev–Trinajstić information content (AvgIpc) is 2.91. The van der Waals surface area contributed by atoms with Crippen LogP contribution in [0.15, 0.2) is 24.3 Å². The molecule has 1 heterocycles. The van der Waals surface area contributed by atoms with E-state index in [0.29, 0.717) is 6.54 Å². The lowest BCUT2D eigenvalue weighted by molar-refractivity contribution is -0.130. The molecule has 3 nitrogen and oxygen atoms in total. The first-order chi connectivity index (χ1) is 9.66. The Kier molecular flexibility index (Phi) is 5.12. The van der Waals surface area contributed by atoms with Gasteiger partial charge in [-0.25, -0.2) is 4.39 Å². The van der Waals surface area contributed by atoms with Crippen molar-refractivity contribution in [1.82, 2.24) is 10.6 Å². The molecule has 1 aliphatic rings. The molecule has 0 aliphatic carbocycles. The lowest BCUT2D eigenvalue weighted by atomic mass is 9.81. The Morgan fingerprint density at radius 1 is 1.40 bits per heavy atom. The molecule has 0 aromatic heterocycles. The summed E-state index contributed by atoms with van der Waals surface area (Å²) >= 11 is 0. The molecule has 110 valence electrons. The maximum absolute atomic E-state index is 12.8. The van der Waals surface area contributed by atoms with Gasteiger partial charge in [-0.2, -0.15) is 0 Å². The fourth-order valence-electron chi connectivity index (χ4n) is 2.90. The van der Waals surface area contributed by atoms with E-state index in [1.54, 1.807) is 12.1 Å². The molecule has 1 aliphatic heterocycles. The molecule has 1 unspecified atom stereocenters. The molecule has 1 aromatic carbocycles. The molecule has 1 amide bonds. The summed E-state index contributed by atoms with van der Waals surface area (Å²) in [5.74, 6) is -0.0665. The van der Waals surface area contributed by atoms with Crippen molar-refractivity contribution in [2.24, 2.45) is 5.41 Å². The zero-order chi connectivity index (χ0) is 14.4. The van der Waals surface area contributed by atoms with Crippen molar-refractivity contribution in [2.45, 2.75) is 32.6 Å².